The molecule has 5 rings (SSSR count). The predicted molar refractivity (Wildman–Crippen MR) is 88.2 cm³/mol. The van der Waals surface area contributed by atoms with Crippen LogP contribution >= 0.6 is 0 Å². The first-order valence-electron chi connectivity index (χ1n) is 7.71. The Hall–Kier alpha value is -3.02. The molecule has 0 unspecified atom stereocenters. The lowest BCUT2D eigenvalue weighted by atomic mass is 10.2. The van der Waals surface area contributed by atoms with Gasteiger partial charge in [-0.15, -0.1) is 5.10 Å². The molecule has 3 heterocycles. The minimum atomic E-state index is 0.498. The van der Waals surface area contributed by atoms with Crippen molar-refractivity contribution in [3.8, 4) is 11.4 Å². The van der Waals surface area contributed by atoms with E-state index in [4.69, 9.17) is 9.97 Å². The Balaban J connectivity index is 1.79. The van der Waals surface area contributed by atoms with Crippen LogP contribution in [0.5, 0.6) is 0 Å². The number of nitrogens with one attached hydrogen (secondary N) is 1. The summed E-state index contributed by atoms with van der Waals surface area (Å²) in [5.74, 6) is 1.42. The van der Waals surface area contributed by atoms with Crippen LogP contribution in [0.4, 0.5) is 5.95 Å². The standard InChI is InChI=1S/C17H14N6/c1-2-6-14-13(5-1)16-21-15(11-4-3-9-18-10-11)22-23(16)17(20-14)19-12-7-8-12/h1-6,9-10,12H,7-8H2,(H,19,20). The number of pyridine rings is 1. The molecule has 1 N–H and O–H groups in total. The molecule has 0 saturated heterocycles. The number of hydrogen-bond acceptors (Lipinski definition) is 5. The summed E-state index contributed by atoms with van der Waals surface area (Å²) >= 11 is 0. The summed E-state index contributed by atoms with van der Waals surface area (Å²) in [4.78, 5) is 13.6. The molecular formula is C17H14N6. The molecule has 0 radical (unpaired) electrons. The molecule has 1 aliphatic rings. The van der Waals surface area contributed by atoms with Gasteiger partial charge in [-0.2, -0.15) is 4.52 Å². The average Bonchev–Trinajstić information content (AvgIpc) is 3.30. The first-order valence-corrected chi connectivity index (χ1v) is 7.71. The van der Waals surface area contributed by atoms with Crippen LogP contribution in [0.15, 0.2) is 48.8 Å². The molecule has 0 aliphatic heterocycles. The van der Waals surface area contributed by atoms with Gasteiger partial charge in [0.15, 0.2) is 11.5 Å². The number of hydrogen-bond donors (Lipinski definition) is 1. The van der Waals surface area contributed by atoms with Gasteiger partial charge in [0.2, 0.25) is 5.95 Å². The van der Waals surface area contributed by atoms with E-state index in [0.717, 1.165) is 28.1 Å². The van der Waals surface area contributed by atoms with Crippen molar-refractivity contribution in [1.82, 2.24) is 24.6 Å². The second kappa shape index (κ2) is 4.74. The van der Waals surface area contributed by atoms with Crippen molar-refractivity contribution in [1.29, 1.82) is 0 Å². The highest BCUT2D eigenvalue weighted by atomic mass is 15.4. The number of aromatic nitrogens is 5. The zero-order valence-electron chi connectivity index (χ0n) is 12.3. The summed E-state index contributed by atoms with van der Waals surface area (Å²) in [6.07, 6.45) is 5.88. The molecule has 3 aromatic heterocycles. The Morgan fingerprint density at radius 2 is 1.96 bits per heavy atom. The fourth-order valence-electron chi connectivity index (χ4n) is 2.68. The number of anilines is 1. The van der Waals surface area contributed by atoms with Crippen LogP contribution in [0.3, 0.4) is 0 Å². The third-order valence-electron chi connectivity index (χ3n) is 4.01. The molecule has 0 amide bonds. The largest absolute Gasteiger partial charge is 0.351 e. The van der Waals surface area contributed by atoms with E-state index in [1.165, 1.54) is 12.8 Å². The van der Waals surface area contributed by atoms with Crippen molar-refractivity contribution in [2.45, 2.75) is 18.9 Å². The first-order chi connectivity index (χ1) is 11.4. The third-order valence-corrected chi connectivity index (χ3v) is 4.01. The first kappa shape index (κ1) is 12.5. The van der Waals surface area contributed by atoms with E-state index in [2.05, 4.69) is 15.4 Å². The van der Waals surface area contributed by atoms with Gasteiger partial charge >= 0.3 is 0 Å². The van der Waals surface area contributed by atoms with Gasteiger partial charge < -0.3 is 5.32 Å². The normalized spacial score (nSPS) is 14.4. The zero-order valence-corrected chi connectivity index (χ0v) is 12.3. The van der Waals surface area contributed by atoms with E-state index < -0.39 is 0 Å². The molecule has 0 atom stereocenters. The van der Waals surface area contributed by atoms with E-state index in [9.17, 15) is 0 Å². The Bertz CT molecular complexity index is 1000. The fraction of sp³-hybridized carbons (Fsp3) is 0.176. The molecule has 112 valence electrons. The predicted octanol–water partition coefficient (Wildman–Crippen LogP) is 2.91. The van der Waals surface area contributed by atoms with Crippen LogP contribution in [0.25, 0.3) is 27.9 Å². The lowest BCUT2D eigenvalue weighted by molar-refractivity contribution is 0.919. The third kappa shape index (κ3) is 2.11. The molecule has 6 heteroatoms. The summed E-state index contributed by atoms with van der Waals surface area (Å²) in [5.41, 5.74) is 2.64. The summed E-state index contributed by atoms with van der Waals surface area (Å²) in [6, 6.07) is 12.4. The summed E-state index contributed by atoms with van der Waals surface area (Å²) in [7, 11) is 0. The topological polar surface area (TPSA) is 68.0 Å². The quantitative estimate of drug-likeness (QED) is 0.630. The molecule has 23 heavy (non-hydrogen) atoms. The summed E-state index contributed by atoms with van der Waals surface area (Å²) in [6.45, 7) is 0. The second-order valence-electron chi connectivity index (χ2n) is 5.78. The van der Waals surface area contributed by atoms with E-state index in [-0.39, 0.29) is 0 Å². The van der Waals surface area contributed by atoms with Crippen LogP contribution in [0, 0.1) is 0 Å². The molecule has 6 nitrogen and oxygen atoms in total. The molecule has 0 spiro atoms. The minimum absolute atomic E-state index is 0.498. The Labute approximate surface area is 132 Å². The molecule has 1 saturated carbocycles. The van der Waals surface area contributed by atoms with E-state index in [1.54, 1.807) is 12.4 Å². The fourth-order valence-corrected chi connectivity index (χ4v) is 2.68. The summed E-state index contributed by atoms with van der Waals surface area (Å²) in [5, 5.41) is 9.10. The van der Waals surface area contributed by atoms with Gasteiger partial charge in [-0.25, -0.2) is 9.97 Å². The number of rotatable bonds is 3. The lowest BCUT2D eigenvalue weighted by Gasteiger charge is -2.07. The van der Waals surface area contributed by atoms with Crippen LogP contribution in [-0.4, -0.2) is 30.6 Å². The van der Waals surface area contributed by atoms with Crippen molar-refractivity contribution in [3.63, 3.8) is 0 Å². The van der Waals surface area contributed by atoms with Crippen molar-refractivity contribution < 1.29 is 0 Å². The zero-order chi connectivity index (χ0) is 15.2. The average molecular weight is 302 g/mol. The Kier molecular flexibility index (Phi) is 2.58. The van der Waals surface area contributed by atoms with Crippen LogP contribution < -0.4 is 5.32 Å². The number of para-hydroxylation sites is 1. The number of benzene rings is 1. The molecular weight excluding hydrogens is 288 g/mol. The monoisotopic (exact) mass is 302 g/mol. The smallest absolute Gasteiger partial charge is 0.226 e. The van der Waals surface area contributed by atoms with Gasteiger partial charge in [0.05, 0.1) is 5.52 Å². The summed E-state index contributed by atoms with van der Waals surface area (Å²) < 4.78 is 1.81. The van der Waals surface area contributed by atoms with Gasteiger partial charge in [0.1, 0.15) is 0 Å². The maximum Gasteiger partial charge on any atom is 0.226 e. The van der Waals surface area contributed by atoms with Crippen LogP contribution in [0.2, 0.25) is 0 Å². The van der Waals surface area contributed by atoms with Gasteiger partial charge in [0, 0.05) is 29.4 Å². The SMILES string of the molecule is c1cncc(-c2nc3c4ccccc4nc(NC4CC4)n3n2)c1. The van der Waals surface area contributed by atoms with Crippen LogP contribution in [-0.2, 0) is 0 Å². The highest BCUT2D eigenvalue weighted by molar-refractivity contribution is 5.92. The highest BCUT2D eigenvalue weighted by Crippen LogP contribution is 2.27. The number of fused-ring (bicyclic) bond motifs is 3. The minimum Gasteiger partial charge on any atom is -0.351 e. The molecule has 4 aromatic rings. The molecule has 1 fully saturated rings. The highest BCUT2D eigenvalue weighted by Gasteiger charge is 2.24. The van der Waals surface area contributed by atoms with Crippen molar-refractivity contribution in [3.05, 3.63) is 48.8 Å². The molecule has 0 bridgehead atoms. The Morgan fingerprint density at radius 1 is 1.04 bits per heavy atom. The maximum atomic E-state index is 4.73. The van der Waals surface area contributed by atoms with Crippen molar-refractivity contribution >= 4 is 22.5 Å². The van der Waals surface area contributed by atoms with Crippen molar-refractivity contribution in [2.24, 2.45) is 0 Å². The van der Waals surface area contributed by atoms with Gasteiger partial charge in [-0.1, -0.05) is 12.1 Å². The number of nitrogens with zero attached hydrogens (tertiary/aromatic N) is 5. The van der Waals surface area contributed by atoms with E-state index in [0.29, 0.717) is 11.9 Å². The maximum absolute atomic E-state index is 4.73. The molecule has 1 aromatic carbocycles. The van der Waals surface area contributed by atoms with E-state index in [1.807, 2.05) is 40.9 Å². The second-order valence-corrected chi connectivity index (χ2v) is 5.78. The lowest BCUT2D eigenvalue weighted by Crippen LogP contribution is -2.09. The van der Waals surface area contributed by atoms with Gasteiger partial charge in [0.25, 0.3) is 0 Å². The van der Waals surface area contributed by atoms with Crippen LogP contribution in [0.1, 0.15) is 12.8 Å². The molecule has 1 aliphatic carbocycles. The van der Waals surface area contributed by atoms with Gasteiger partial charge in [-0.05, 0) is 37.1 Å². The Morgan fingerprint density at radius 3 is 2.78 bits per heavy atom. The van der Waals surface area contributed by atoms with E-state index >= 15 is 0 Å². The van der Waals surface area contributed by atoms with Gasteiger partial charge in [-0.3, -0.25) is 4.98 Å². The van der Waals surface area contributed by atoms with Crippen molar-refractivity contribution in [2.75, 3.05) is 5.32 Å².